The minimum Gasteiger partial charge on any atom is -0.484 e. The van der Waals surface area contributed by atoms with Crippen molar-refractivity contribution in [3.63, 3.8) is 0 Å². The van der Waals surface area contributed by atoms with Gasteiger partial charge in [0, 0.05) is 24.5 Å². The van der Waals surface area contributed by atoms with E-state index in [-0.39, 0.29) is 12.5 Å². The lowest BCUT2D eigenvalue weighted by atomic mass is 9.96. The molecule has 0 saturated carbocycles. The summed E-state index contributed by atoms with van der Waals surface area (Å²) < 4.78 is 17.8. The van der Waals surface area contributed by atoms with Gasteiger partial charge in [0.1, 0.15) is 11.8 Å². The zero-order valence-electron chi connectivity index (χ0n) is 19.6. The lowest BCUT2D eigenvalue weighted by Crippen LogP contribution is -2.42. The van der Waals surface area contributed by atoms with Gasteiger partial charge in [-0.15, -0.1) is 5.10 Å². The van der Waals surface area contributed by atoms with Crippen molar-refractivity contribution in [1.29, 1.82) is 0 Å². The van der Waals surface area contributed by atoms with E-state index in [2.05, 4.69) is 22.3 Å². The molecular weight excluding hydrogens is 458 g/mol. The fourth-order valence-corrected chi connectivity index (χ4v) is 4.55. The van der Waals surface area contributed by atoms with Gasteiger partial charge in [-0.25, -0.2) is 9.48 Å². The molecule has 0 radical (unpaired) electrons. The first kappa shape index (κ1) is 24.1. The highest BCUT2D eigenvalue weighted by Gasteiger charge is 2.35. The molecule has 1 amide bonds. The van der Waals surface area contributed by atoms with Gasteiger partial charge in [-0.3, -0.25) is 4.79 Å². The molecule has 1 atom stereocenters. The van der Waals surface area contributed by atoms with E-state index in [0.717, 1.165) is 17.7 Å². The topological polar surface area (TPSA) is 108 Å². The Kier molecular flexibility index (Phi) is 7.73. The molecule has 1 aromatic carbocycles. The van der Waals surface area contributed by atoms with Crippen LogP contribution in [0.15, 0.2) is 40.7 Å². The van der Waals surface area contributed by atoms with Crippen LogP contribution in [0.4, 0.5) is 5.95 Å². The number of benzene rings is 1. The van der Waals surface area contributed by atoms with Crippen LogP contribution in [0.5, 0.6) is 5.75 Å². The molecule has 1 aromatic heterocycles. The Morgan fingerprint density at radius 1 is 1.24 bits per heavy atom. The van der Waals surface area contributed by atoms with Crippen LogP contribution in [0.2, 0.25) is 0 Å². The average Bonchev–Trinajstić information content (AvgIpc) is 3.27. The van der Waals surface area contributed by atoms with Crippen LogP contribution in [-0.4, -0.2) is 77.3 Å². The minimum absolute atomic E-state index is 0.0373. The average molecular weight is 488 g/mol. The second-order valence-electron chi connectivity index (χ2n) is 7.92. The zero-order chi connectivity index (χ0) is 24.1. The first-order valence-corrected chi connectivity index (χ1v) is 12.2. The van der Waals surface area contributed by atoms with Gasteiger partial charge in [0.2, 0.25) is 11.1 Å². The van der Waals surface area contributed by atoms with Gasteiger partial charge in [0.25, 0.3) is 5.91 Å². The normalized spacial score (nSPS) is 17.7. The summed E-state index contributed by atoms with van der Waals surface area (Å²) in [5.74, 6) is 1.54. The van der Waals surface area contributed by atoms with Crippen molar-refractivity contribution in [1.82, 2.24) is 19.7 Å². The summed E-state index contributed by atoms with van der Waals surface area (Å²) >= 11 is 1.57. The van der Waals surface area contributed by atoms with Crippen LogP contribution in [0, 0.1) is 0 Å². The summed E-state index contributed by atoms with van der Waals surface area (Å²) in [6, 6.07) is 6.81. The molecule has 2 aliphatic heterocycles. The van der Waals surface area contributed by atoms with Crippen LogP contribution in [-0.2, 0) is 19.1 Å². The molecule has 182 valence electrons. The third kappa shape index (κ3) is 5.20. The molecule has 10 nitrogen and oxygen atoms in total. The summed E-state index contributed by atoms with van der Waals surface area (Å²) in [7, 11) is 1.36. The fraction of sp³-hybridized carbons (Fsp3) is 0.478. The van der Waals surface area contributed by atoms with Crippen molar-refractivity contribution in [3.05, 3.63) is 41.1 Å². The molecule has 2 aliphatic rings. The highest BCUT2D eigenvalue weighted by molar-refractivity contribution is 7.99. The number of thioether (sulfide) groups is 1. The van der Waals surface area contributed by atoms with E-state index in [4.69, 9.17) is 14.2 Å². The number of methoxy groups -OCH3 is 1. The SMILES string of the molecule is CCCSc1nc2n(n1)C(c1ccc(OCC(=O)N3CCOCC3)cc1)C(C(=O)OC)=C(C)N2. The number of hydrogen-bond acceptors (Lipinski definition) is 9. The van der Waals surface area contributed by atoms with E-state index in [1.807, 2.05) is 19.1 Å². The Morgan fingerprint density at radius 3 is 2.65 bits per heavy atom. The lowest BCUT2D eigenvalue weighted by Gasteiger charge is -2.28. The number of esters is 1. The Morgan fingerprint density at radius 2 is 1.97 bits per heavy atom. The molecule has 1 fully saturated rings. The summed E-state index contributed by atoms with van der Waals surface area (Å²) in [6.07, 6.45) is 1.01. The largest absolute Gasteiger partial charge is 0.484 e. The number of amides is 1. The van der Waals surface area contributed by atoms with Crippen molar-refractivity contribution < 1.29 is 23.8 Å². The van der Waals surface area contributed by atoms with Gasteiger partial charge in [-0.1, -0.05) is 30.8 Å². The van der Waals surface area contributed by atoms with Gasteiger partial charge < -0.3 is 24.4 Å². The standard InChI is InChI=1S/C23H29N5O5S/c1-4-13-34-23-25-22-24-15(2)19(21(30)31-3)20(28(22)26-23)16-5-7-17(8-6-16)33-14-18(29)27-9-11-32-12-10-27/h5-8,20H,4,9-14H2,1-3H3,(H,24,25,26). The van der Waals surface area contributed by atoms with Crippen LogP contribution in [0.25, 0.3) is 0 Å². The van der Waals surface area contributed by atoms with E-state index in [1.165, 1.54) is 7.11 Å². The van der Waals surface area contributed by atoms with Crippen LogP contribution < -0.4 is 10.1 Å². The van der Waals surface area contributed by atoms with Gasteiger partial charge in [-0.05, 0) is 31.0 Å². The highest BCUT2D eigenvalue weighted by atomic mass is 32.2. The number of morpholine rings is 1. The Labute approximate surface area is 202 Å². The van der Waals surface area contributed by atoms with Crippen LogP contribution >= 0.6 is 11.8 Å². The summed E-state index contributed by atoms with van der Waals surface area (Å²) in [6.45, 7) is 6.15. The molecule has 0 spiro atoms. The predicted molar refractivity (Wildman–Crippen MR) is 127 cm³/mol. The molecule has 11 heteroatoms. The van der Waals surface area contributed by atoms with E-state index in [1.54, 1.807) is 33.5 Å². The van der Waals surface area contributed by atoms with Crippen molar-refractivity contribution in [3.8, 4) is 5.75 Å². The summed E-state index contributed by atoms with van der Waals surface area (Å²) in [5.41, 5.74) is 1.95. The zero-order valence-corrected chi connectivity index (χ0v) is 20.4. The van der Waals surface area contributed by atoms with Crippen molar-refractivity contribution in [2.75, 3.05) is 51.1 Å². The van der Waals surface area contributed by atoms with E-state index in [0.29, 0.717) is 54.4 Å². The number of fused-ring (bicyclic) bond motifs is 1. The monoisotopic (exact) mass is 487 g/mol. The predicted octanol–water partition coefficient (Wildman–Crippen LogP) is 2.48. The van der Waals surface area contributed by atoms with Gasteiger partial charge in [0.15, 0.2) is 6.61 Å². The van der Waals surface area contributed by atoms with Crippen LogP contribution in [0.1, 0.15) is 31.9 Å². The number of ether oxygens (including phenoxy) is 3. The van der Waals surface area contributed by atoms with Gasteiger partial charge in [0.05, 0.1) is 25.9 Å². The first-order chi connectivity index (χ1) is 16.5. The number of allylic oxidation sites excluding steroid dienone is 1. The van der Waals surface area contributed by atoms with E-state index in [9.17, 15) is 9.59 Å². The molecule has 4 rings (SSSR count). The third-order valence-corrected chi connectivity index (χ3v) is 6.64. The highest BCUT2D eigenvalue weighted by Crippen LogP contribution is 2.37. The molecule has 0 aliphatic carbocycles. The summed E-state index contributed by atoms with van der Waals surface area (Å²) in [4.78, 5) is 31.4. The maximum atomic E-state index is 12.7. The number of nitrogens with one attached hydrogen (secondary N) is 1. The second-order valence-corrected chi connectivity index (χ2v) is 8.98. The van der Waals surface area contributed by atoms with E-state index >= 15 is 0 Å². The number of carbonyl (C=O) groups excluding carboxylic acids is 2. The molecule has 2 aromatic rings. The minimum atomic E-state index is -0.504. The maximum absolute atomic E-state index is 12.7. The molecule has 0 bridgehead atoms. The third-order valence-electron chi connectivity index (χ3n) is 5.60. The van der Waals surface area contributed by atoms with Crippen molar-refractivity contribution in [2.45, 2.75) is 31.5 Å². The van der Waals surface area contributed by atoms with Gasteiger partial charge in [-0.2, -0.15) is 4.98 Å². The first-order valence-electron chi connectivity index (χ1n) is 11.3. The summed E-state index contributed by atoms with van der Waals surface area (Å²) in [5, 5.41) is 8.48. The van der Waals surface area contributed by atoms with E-state index < -0.39 is 12.0 Å². The number of carbonyl (C=O) groups is 2. The van der Waals surface area contributed by atoms with Crippen molar-refractivity contribution in [2.24, 2.45) is 0 Å². The maximum Gasteiger partial charge on any atom is 0.338 e. The molecule has 1 unspecified atom stereocenters. The number of nitrogens with zero attached hydrogens (tertiary/aromatic N) is 4. The molecular formula is C23H29N5O5S. The van der Waals surface area contributed by atoms with Gasteiger partial charge >= 0.3 is 5.97 Å². The quantitative estimate of drug-likeness (QED) is 0.444. The van der Waals surface area contributed by atoms with Crippen molar-refractivity contribution >= 4 is 29.6 Å². The molecule has 3 heterocycles. The molecule has 1 saturated heterocycles. The van der Waals surface area contributed by atoms with Crippen LogP contribution in [0.3, 0.4) is 0 Å². The molecule has 1 N–H and O–H groups in total. The lowest BCUT2D eigenvalue weighted by molar-refractivity contribution is -0.137. The Hall–Kier alpha value is -3.05. The Bertz CT molecular complexity index is 1060. The molecule has 34 heavy (non-hydrogen) atoms. The Balaban J connectivity index is 1.55. The number of aromatic nitrogens is 3. The second kappa shape index (κ2) is 10.9. The number of rotatable bonds is 8. The number of anilines is 1. The number of hydrogen-bond donors (Lipinski definition) is 1. The fourth-order valence-electron chi connectivity index (χ4n) is 3.86. The smallest absolute Gasteiger partial charge is 0.338 e.